The van der Waals surface area contributed by atoms with E-state index in [9.17, 15) is 0 Å². The van der Waals surface area contributed by atoms with Crippen molar-refractivity contribution in [3.63, 3.8) is 0 Å². The maximum Gasteiger partial charge on any atom is 0.0947 e. The molecule has 0 aliphatic carbocycles. The van der Waals surface area contributed by atoms with Crippen LogP contribution in [0.4, 0.5) is 51.2 Å². The smallest absolute Gasteiger partial charge is 0.0947 e. The van der Waals surface area contributed by atoms with Crippen molar-refractivity contribution in [1.82, 2.24) is 4.57 Å². The molecule has 0 atom stereocenters. The zero-order valence-corrected chi connectivity index (χ0v) is 25.0. The first kappa shape index (κ1) is 25.1. The number of rotatable bonds is 3. The largest absolute Gasteiger partial charge is 0.309 e. The van der Waals surface area contributed by atoms with E-state index in [1.165, 1.54) is 27.5 Å². The lowest BCUT2D eigenvalue weighted by atomic mass is 9.97. The van der Waals surface area contributed by atoms with Crippen molar-refractivity contribution >= 4 is 73.0 Å². The molecular formula is C42H28N4. The van der Waals surface area contributed by atoms with E-state index in [4.69, 9.17) is 0 Å². The number of nitrogens with zero attached hydrogens (tertiary/aromatic N) is 4. The molecule has 2 aliphatic heterocycles. The Labute approximate surface area is 267 Å². The van der Waals surface area contributed by atoms with Crippen LogP contribution in [0.2, 0.25) is 0 Å². The summed E-state index contributed by atoms with van der Waals surface area (Å²) in [5.74, 6) is 0. The van der Waals surface area contributed by atoms with E-state index in [2.05, 4.69) is 189 Å². The van der Waals surface area contributed by atoms with Gasteiger partial charge in [0.05, 0.1) is 50.8 Å². The summed E-state index contributed by atoms with van der Waals surface area (Å²) in [7, 11) is 0. The molecule has 0 spiro atoms. The van der Waals surface area contributed by atoms with Gasteiger partial charge in [-0.15, -0.1) is 0 Å². The van der Waals surface area contributed by atoms with E-state index in [0.29, 0.717) is 0 Å². The molecule has 46 heavy (non-hydrogen) atoms. The third-order valence-electron chi connectivity index (χ3n) is 9.36. The summed E-state index contributed by atoms with van der Waals surface area (Å²) < 4.78 is 2.40. The molecule has 0 amide bonds. The predicted octanol–water partition coefficient (Wildman–Crippen LogP) is 11.8. The molecule has 3 heterocycles. The number of hydrogen-bond acceptors (Lipinski definition) is 3. The van der Waals surface area contributed by atoms with Crippen molar-refractivity contribution in [2.24, 2.45) is 0 Å². The highest BCUT2D eigenvalue weighted by Crippen LogP contribution is 2.63. The predicted molar refractivity (Wildman–Crippen MR) is 192 cm³/mol. The van der Waals surface area contributed by atoms with Gasteiger partial charge in [-0.1, -0.05) is 91.0 Å². The van der Waals surface area contributed by atoms with Crippen molar-refractivity contribution in [2.45, 2.75) is 0 Å². The summed E-state index contributed by atoms with van der Waals surface area (Å²) in [6.07, 6.45) is 0. The van der Waals surface area contributed by atoms with Crippen molar-refractivity contribution in [2.75, 3.05) is 14.7 Å². The summed E-state index contributed by atoms with van der Waals surface area (Å²) in [6, 6.07) is 61.2. The topological polar surface area (TPSA) is 14.7 Å². The molecular weight excluding hydrogens is 560 g/mol. The fourth-order valence-electron chi connectivity index (χ4n) is 7.50. The summed E-state index contributed by atoms with van der Waals surface area (Å²) in [5, 5.41) is 2.47. The molecule has 2 aliphatic rings. The zero-order valence-electron chi connectivity index (χ0n) is 25.0. The fraction of sp³-hybridized carbons (Fsp3) is 0. The standard InChI is InChI=1S/C42H28N4/c1-4-15-29(16-5-1)43-34-22-11-10-21-32(34)33-27-40-41(28-39(33)43)45(31-19-8-3-9-20-31)38-26-14-25-37-42(38)46(40)36-24-13-12-23-35(36)44(37)30-17-6-2-7-18-30/h1-28H. The van der Waals surface area contributed by atoms with Gasteiger partial charge in [-0.25, -0.2) is 0 Å². The number of benzene rings is 7. The zero-order chi connectivity index (χ0) is 30.2. The van der Waals surface area contributed by atoms with Crippen LogP contribution in [0.3, 0.4) is 0 Å². The first-order chi connectivity index (χ1) is 22.9. The molecule has 216 valence electrons. The van der Waals surface area contributed by atoms with Crippen LogP contribution < -0.4 is 14.7 Å². The second-order valence-corrected chi connectivity index (χ2v) is 11.9. The summed E-state index contributed by atoms with van der Waals surface area (Å²) in [5.41, 5.74) is 13.9. The van der Waals surface area contributed by atoms with Crippen LogP contribution >= 0.6 is 0 Å². The highest BCUT2D eigenvalue weighted by atomic mass is 15.3. The normalized spacial score (nSPS) is 13.1. The highest BCUT2D eigenvalue weighted by molar-refractivity contribution is 6.18. The number of aromatic nitrogens is 1. The minimum atomic E-state index is 1.13. The Morgan fingerprint density at radius 2 is 0.761 bits per heavy atom. The van der Waals surface area contributed by atoms with E-state index in [1.807, 2.05) is 0 Å². The minimum Gasteiger partial charge on any atom is -0.309 e. The molecule has 8 aromatic rings. The first-order valence-electron chi connectivity index (χ1n) is 15.7. The molecule has 0 radical (unpaired) electrons. The van der Waals surface area contributed by atoms with Gasteiger partial charge >= 0.3 is 0 Å². The lowest BCUT2D eigenvalue weighted by molar-refractivity contribution is 1.12. The second kappa shape index (κ2) is 9.62. The average molecular weight is 589 g/mol. The molecule has 1 aromatic heterocycles. The molecule has 4 nitrogen and oxygen atoms in total. The third-order valence-corrected chi connectivity index (χ3v) is 9.36. The molecule has 7 aromatic carbocycles. The Bertz CT molecular complexity index is 2430. The van der Waals surface area contributed by atoms with E-state index in [-0.39, 0.29) is 0 Å². The van der Waals surface area contributed by atoms with Gasteiger partial charge in [0.1, 0.15) is 0 Å². The Kier molecular flexibility index (Phi) is 5.25. The van der Waals surface area contributed by atoms with E-state index >= 15 is 0 Å². The van der Waals surface area contributed by atoms with Crippen LogP contribution in [0.25, 0.3) is 27.5 Å². The van der Waals surface area contributed by atoms with Gasteiger partial charge in [-0.2, -0.15) is 0 Å². The Balaban J connectivity index is 1.35. The van der Waals surface area contributed by atoms with Crippen LogP contribution in [-0.4, -0.2) is 4.57 Å². The fourth-order valence-corrected chi connectivity index (χ4v) is 7.50. The lowest BCUT2D eigenvalue weighted by Gasteiger charge is -2.47. The van der Waals surface area contributed by atoms with Gasteiger partial charge in [0.2, 0.25) is 0 Å². The summed E-state index contributed by atoms with van der Waals surface area (Å²) in [6.45, 7) is 0. The maximum atomic E-state index is 2.49. The van der Waals surface area contributed by atoms with E-state index in [0.717, 1.165) is 51.2 Å². The molecule has 0 N–H and O–H groups in total. The van der Waals surface area contributed by atoms with Crippen LogP contribution in [0, 0.1) is 0 Å². The Hall–Kier alpha value is -6.26. The quantitative estimate of drug-likeness (QED) is 0.204. The van der Waals surface area contributed by atoms with Crippen LogP contribution in [-0.2, 0) is 0 Å². The Morgan fingerprint density at radius 3 is 1.41 bits per heavy atom. The average Bonchev–Trinajstić information content (AvgIpc) is 3.45. The van der Waals surface area contributed by atoms with Gasteiger partial charge < -0.3 is 19.3 Å². The monoisotopic (exact) mass is 588 g/mol. The van der Waals surface area contributed by atoms with Crippen molar-refractivity contribution in [3.05, 3.63) is 170 Å². The molecule has 0 unspecified atom stereocenters. The van der Waals surface area contributed by atoms with Crippen molar-refractivity contribution in [3.8, 4) is 5.69 Å². The summed E-state index contributed by atoms with van der Waals surface area (Å²) in [4.78, 5) is 7.33. The second-order valence-electron chi connectivity index (χ2n) is 11.9. The van der Waals surface area contributed by atoms with Crippen LogP contribution in [0.5, 0.6) is 0 Å². The highest BCUT2D eigenvalue weighted by Gasteiger charge is 2.39. The number of para-hydroxylation sites is 7. The van der Waals surface area contributed by atoms with Gasteiger partial charge in [0.25, 0.3) is 0 Å². The van der Waals surface area contributed by atoms with E-state index < -0.39 is 0 Å². The minimum absolute atomic E-state index is 1.13. The van der Waals surface area contributed by atoms with Gasteiger partial charge in [0, 0.05) is 27.8 Å². The van der Waals surface area contributed by atoms with Gasteiger partial charge in [0.15, 0.2) is 0 Å². The molecule has 0 saturated carbocycles. The van der Waals surface area contributed by atoms with Gasteiger partial charge in [-0.05, 0) is 78.9 Å². The number of hydrogen-bond donors (Lipinski definition) is 0. The van der Waals surface area contributed by atoms with Crippen molar-refractivity contribution in [1.29, 1.82) is 0 Å². The third kappa shape index (κ3) is 3.44. The molecule has 0 bridgehead atoms. The maximum absolute atomic E-state index is 2.49. The first-order valence-corrected chi connectivity index (χ1v) is 15.7. The molecule has 0 saturated heterocycles. The Morgan fingerprint density at radius 1 is 0.283 bits per heavy atom. The molecule has 10 rings (SSSR count). The summed E-state index contributed by atoms with van der Waals surface area (Å²) >= 11 is 0. The SMILES string of the molecule is c1ccc(N2c3ccccc3N3c4cc5c6ccccc6n(-c6ccccc6)c5cc4N(c4ccccc4)c4cccc2c43)cc1. The van der Waals surface area contributed by atoms with Gasteiger partial charge in [-0.3, -0.25) is 0 Å². The lowest BCUT2D eigenvalue weighted by Crippen LogP contribution is -2.30. The van der Waals surface area contributed by atoms with E-state index in [1.54, 1.807) is 0 Å². The van der Waals surface area contributed by atoms with Crippen LogP contribution in [0.15, 0.2) is 170 Å². The van der Waals surface area contributed by atoms with Crippen molar-refractivity contribution < 1.29 is 0 Å². The number of fused-ring (bicyclic) bond motifs is 7. The molecule has 4 heteroatoms. The van der Waals surface area contributed by atoms with Crippen LogP contribution in [0.1, 0.15) is 0 Å². The number of anilines is 9. The molecule has 0 fully saturated rings.